The van der Waals surface area contributed by atoms with Gasteiger partial charge in [0.25, 0.3) is 5.91 Å². The topological polar surface area (TPSA) is 77.1 Å². The quantitative estimate of drug-likeness (QED) is 0.707. The van der Waals surface area contributed by atoms with Gasteiger partial charge in [-0.2, -0.15) is 0 Å². The average Bonchev–Trinajstić information content (AvgIpc) is 3.11. The minimum absolute atomic E-state index is 0.173. The van der Waals surface area contributed by atoms with Gasteiger partial charge in [0.1, 0.15) is 17.5 Å². The van der Waals surface area contributed by atoms with Crippen LogP contribution in [0.4, 0.5) is 0 Å². The summed E-state index contributed by atoms with van der Waals surface area (Å²) in [7, 11) is 3.21. The van der Waals surface area contributed by atoms with Gasteiger partial charge in [-0.3, -0.25) is 14.5 Å². The molecule has 2 fully saturated rings. The Morgan fingerprint density at radius 2 is 2.03 bits per heavy atom. The van der Waals surface area contributed by atoms with Gasteiger partial charge in [-0.05, 0) is 56.2 Å². The highest BCUT2D eigenvalue weighted by molar-refractivity contribution is 5.98. The number of nitrogens with one attached hydrogen (secondary N) is 1. The van der Waals surface area contributed by atoms with Crippen molar-refractivity contribution in [3.8, 4) is 5.75 Å². The molecule has 160 valence electrons. The Bertz CT molecular complexity index is 715. The lowest BCUT2D eigenvalue weighted by Crippen LogP contribution is -2.56. The van der Waals surface area contributed by atoms with Crippen LogP contribution in [0.3, 0.4) is 0 Å². The first kappa shape index (κ1) is 21.6. The molecule has 7 nitrogen and oxygen atoms in total. The van der Waals surface area contributed by atoms with Crippen molar-refractivity contribution < 1.29 is 23.8 Å². The molecule has 1 saturated heterocycles. The van der Waals surface area contributed by atoms with E-state index in [1.165, 1.54) is 0 Å². The number of amides is 2. The van der Waals surface area contributed by atoms with Crippen LogP contribution in [0, 0.1) is 5.92 Å². The van der Waals surface area contributed by atoms with E-state index >= 15 is 0 Å². The first-order chi connectivity index (χ1) is 14.0. The molecule has 1 unspecified atom stereocenters. The summed E-state index contributed by atoms with van der Waals surface area (Å²) in [6.45, 7) is 3.53. The van der Waals surface area contributed by atoms with Crippen LogP contribution >= 0.6 is 0 Å². The molecule has 0 aromatic heterocycles. The van der Waals surface area contributed by atoms with Gasteiger partial charge in [-0.1, -0.05) is 13.0 Å². The summed E-state index contributed by atoms with van der Waals surface area (Å²) in [4.78, 5) is 28.2. The zero-order valence-electron chi connectivity index (χ0n) is 17.6. The van der Waals surface area contributed by atoms with Gasteiger partial charge >= 0.3 is 0 Å². The summed E-state index contributed by atoms with van der Waals surface area (Å²) < 4.78 is 16.5. The van der Waals surface area contributed by atoms with E-state index in [-0.39, 0.29) is 18.4 Å². The highest BCUT2D eigenvalue weighted by Gasteiger charge is 2.53. The molecule has 2 aliphatic rings. The Morgan fingerprint density at radius 1 is 1.28 bits per heavy atom. The predicted molar refractivity (Wildman–Crippen MR) is 109 cm³/mol. The van der Waals surface area contributed by atoms with Crippen molar-refractivity contribution in [3.63, 3.8) is 0 Å². The molecule has 1 spiro atoms. The van der Waals surface area contributed by atoms with Crippen LogP contribution in [0.5, 0.6) is 5.75 Å². The number of hydrogen-bond acceptors (Lipinski definition) is 5. The van der Waals surface area contributed by atoms with Gasteiger partial charge in [0.15, 0.2) is 0 Å². The fourth-order valence-electron chi connectivity index (χ4n) is 4.22. The molecule has 2 amide bonds. The Hall–Kier alpha value is -2.12. The molecule has 1 aliphatic heterocycles. The van der Waals surface area contributed by atoms with E-state index in [0.29, 0.717) is 30.4 Å². The van der Waals surface area contributed by atoms with E-state index in [1.54, 1.807) is 43.4 Å². The third kappa shape index (κ3) is 4.73. The van der Waals surface area contributed by atoms with Gasteiger partial charge < -0.3 is 19.5 Å². The smallest absolute Gasteiger partial charge is 0.257 e. The van der Waals surface area contributed by atoms with Crippen LogP contribution in [0.2, 0.25) is 0 Å². The van der Waals surface area contributed by atoms with Crippen LogP contribution < -0.4 is 10.1 Å². The Labute approximate surface area is 172 Å². The van der Waals surface area contributed by atoms with Crippen molar-refractivity contribution in [2.24, 2.45) is 5.92 Å². The number of carbonyl (C=O) groups is 2. The molecule has 1 aliphatic carbocycles. The third-order valence-corrected chi connectivity index (χ3v) is 5.98. The van der Waals surface area contributed by atoms with Crippen LogP contribution in [-0.4, -0.2) is 62.5 Å². The molecular formula is C22H32N2O5. The highest BCUT2D eigenvalue weighted by atomic mass is 16.5. The lowest BCUT2D eigenvalue weighted by molar-refractivity contribution is -0.127. The van der Waals surface area contributed by atoms with E-state index in [0.717, 1.165) is 32.1 Å². The second-order valence-corrected chi connectivity index (χ2v) is 8.00. The molecule has 7 heteroatoms. The summed E-state index contributed by atoms with van der Waals surface area (Å²) in [5.74, 6) is 0.851. The van der Waals surface area contributed by atoms with Crippen molar-refractivity contribution in [1.82, 2.24) is 10.2 Å². The van der Waals surface area contributed by atoms with Crippen molar-refractivity contribution >= 4 is 11.8 Å². The number of nitrogens with zero attached hydrogens (tertiary/aromatic N) is 1. The van der Waals surface area contributed by atoms with Crippen molar-refractivity contribution in [1.29, 1.82) is 0 Å². The summed E-state index contributed by atoms with van der Waals surface area (Å²) in [5.41, 5.74) is -0.202. The number of ether oxygens (including phenoxy) is 3. The van der Waals surface area contributed by atoms with Crippen molar-refractivity contribution in [2.75, 3.05) is 34.0 Å². The molecular weight excluding hydrogens is 372 g/mol. The number of methoxy groups -OCH3 is 2. The molecule has 0 radical (unpaired) electrons. The van der Waals surface area contributed by atoms with E-state index in [2.05, 4.69) is 12.2 Å². The van der Waals surface area contributed by atoms with Gasteiger partial charge in [-0.25, -0.2) is 0 Å². The fourth-order valence-corrected chi connectivity index (χ4v) is 4.22. The third-order valence-electron chi connectivity index (χ3n) is 5.98. The largest absolute Gasteiger partial charge is 0.497 e. The Morgan fingerprint density at radius 3 is 2.72 bits per heavy atom. The van der Waals surface area contributed by atoms with E-state index < -0.39 is 11.8 Å². The summed E-state index contributed by atoms with van der Waals surface area (Å²) in [6.07, 6.45) is 4.17. The summed E-state index contributed by atoms with van der Waals surface area (Å²) in [5, 5.41) is 2.93. The van der Waals surface area contributed by atoms with Crippen LogP contribution in [0.25, 0.3) is 0 Å². The molecule has 1 saturated carbocycles. The number of rotatable bonds is 7. The van der Waals surface area contributed by atoms with E-state index in [4.69, 9.17) is 14.2 Å². The van der Waals surface area contributed by atoms with E-state index in [1.807, 2.05) is 0 Å². The highest BCUT2D eigenvalue weighted by Crippen LogP contribution is 2.43. The van der Waals surface area contributed by atoms with Gasteiger partial charge in [0.2, 0.25) is 5.91 Å². The number of hydrogen-bond donors (Lipinski definition) is 1. The SMILES string of the molecule is COCCCNC(=O)C1COC2(CCC(C)CC2)N1C(=O)c1cccc(OC)c1. The van der Waals surface area contributed by atoms with Gasteiger partial charge in [0, 0.05) is 25.8 Å². The zero-order valence-corrected chi connectivity index (χ0v) is 17.6. The Kier molecular flexibility index (Phi) is 7.14. The minimum atomic E-state index is -0.707. The molecule has 1 aromatic rings. The monoisotopic (exact) mass is 404 g/mol. The zero-order chi connectivity index (χ0) is 20.9. The lowest BCUT2D eigenvalue weighted by Gasteiger charge is -2.43. The predicted octanol–water partition coefficient (Wildman–Crippen LogP) is 2.60. The first-order valence-corrected chi connectivity index (χ1v) is 10.4. The second-order valence-electron chi connectivity index (χ2n) is 8.00. The Balaban J connectivity index is 1.84. The molecule has 1 heterocycles. The molecule has 29 heavy (non-hydrogen) atoms. The maximum Gasteiger partial charge on any atom is 0.257 e. The molecule has 1 N–H and O–H groups in total. The van der Waals surface area contributed by atoms with Crippen LogP contribution in [0.1, 0.15) is 49.4 Å². The summed E-state index contributed by atoms with van der Waals surface area (Å²) >= 11 is 0. The minimum Gasteiger partial charge on any atom is -0.497 e. The lowest BCUT2D eigenvalue weighted by atomic mass is 9.83. The fraction of sp³-hybridized carbons (Fsp3) is 0.636. The maximum atomic E-state index is 13.6. The molecule has 1 aromatic carbocycles. The first-order valence-electron chi connectivity index (χ1n) is 10.4. The summed E-state index contributed by atoms with van der Waals surface area (Å²) in [6, 6.07) is 6.43. The van der Waals surface area contributed by atoms with Crippen LogP contribution in [0.15, 0.2) is 24.3 Å². The standard InChI is InChI=1S/C22H32N2O5/c1-16-8-10-22(11-9-16)24(21(26)17-6-4-7-18(14-17)28-3)19(15-29-22)20(25)23-12-5-13-27-2/h4,6-7,14,16,19H,5,8-13,15H2,1-3H3,(H,23,25). The van der Waals surface area contributed by atoms with Crippen molar-refractivity contribution in [3.05, 3.63) is 29.8 Å². The molecule has 1 atom stereocenters. The maximum absolute atomic E-state index is 13.6. The number of carbonyl (C=O) groups excluding carboxylic acids is 2. The number of benzene rings is 1. The van der Waals surface area contributed by atoms with E-state index in [9.17, 15) is 9.59 Å². The average molecular weight is 405 g/mol. The van der Waals surface area contributed by atoms with Gasteiger partial charge in [-0.15, -0.1) is 0 Å². The molecule has 3 rings (SSSR count). The van der Waals surface area contributed by atoms with Crippen molar-refractivity contribution in [2.45, 2.75) is 50.8 Å². The molecule has 0 bridgehead atoms. The van der Waals surface area contributed by atoms with Crippen LogP contribution in [-0.2, 0) is 14.3 Å². The van der Waals surface area contributed by atoms with Gasteiger partial charge in [0.05, 0.1) is 13.7 Å². The second kappa shape index (κ2) is 9.59. The normalized spacial score (nSPS) is 26.5.